The van der Waals surface area contributed by atoms with Crippen molar-refractivity contribution >= 4 is 8.60 Å². The maximum atomic E-state index is 12.6. The van der Waals surface area contributed by atoms with Crippen molar-refractivity contribution in [2.45, 2.75) is 20.5 Å². The largest absolute Gasteiger partial charge is 0.332 e. The summed E-state index contributed by atoms with van der Waals surface area (Å²) in [5.74, 6) is -0.249. The van der Waals surface area contributed by atoms with Gasteiger partial charge in [-0.05, 0) is 31.5 Å². The highest BCUT2D eigenvalue weighted by atomic mass is 31.2. The first-order chi connectivity index (χ1) is 7.76. The molecule has 0 aliphatic heterocycles. The maximum Gasteiger partial charge on any atom is 0.332 e. The minimum Gasteiger partial charge on any atom is -0.313 e. The molecule has 0 radical (unpaired) electrons. The van der Waals surface area contributed by atoms with E-state index in [9.17, 15) is 4.39 Å². The van der Waals surface area contributed by atoms with E-state index < -0.39 is 8.60 Å². The van der Waals surface area contributed by atoms with Crippen LogP contribution >= 0.6 is 8.60 Å². The number of benzene rings is 1. The van der Waals surface area contributed by atoms with Crippen LogP contribution in [0.15, 0.2) is 24.3 Å². The minimum atomic E-state index is -1.29. The zero-order valence-electron chi connectivity index (χ0n) is 9.48. The second-order valence-electron chi connectivity index (χ2n) is 2.96. The van der Waals surface area contributed by atoms with E-state index in [2.05, 4.69) is 0 Å². The summed E-state index contributed by atoms with van der Waals surface area (Å²) in [6.45, 7) is 5.24. The topological polar surface area (TPSA) is 27.7 Å². The summed E-state index contributed by atoms with van der Waals surface area (Å²) in [5, 5.41) is 0. The first-order valence-electron chi connectivity index (χ1n) is 5.19. The van der Waals surface area contributed by atoms with Gasteiger partial charge in [-0.2, -0.15) is 0 Å². The second-order valence-corrected chi connectivity index (χ2v) is 4.18. The molecule has 0 spiro atoms. The van der Waals surface area contributed by atoms with Gasteiger partial charge in [-0.1, -0.05) is 12.1 Å². The third kappa shape index (κ3) is 4.99. The van der Waals surface area contributed by atoms with Crippen LogP contribution in [-0.4, -0.2) is 13.2 Å². The Kier molecular flexibility index (Phi) is 6.50. The molecule has 5 heteroatoms. The maximum absolute atomic E-state index is 12.6. The average Bonchev–Trinajstić information content (AvgIpc) is 2.29. The predicted octanol–water partition coefficient (Wildman–Crippen LogP) is 3.64. The molecule has 0 atom stereocenters. The van der Waals surface area contributed by atoms with Gasteiger partial charge in [-0.25, -0.2) is 4.39 Å². The van der Waals surface area contributed by atoms with Gasteiger partial charge >= 0.3 is 8.60 Å². The van der Waals surface area contributed by atoms with Gasteiger partial charge in [0.15, 0.2) is 0 Å². The van der Waals surface area contributed by atoms with Gasteiger partial charge in [0.05, 0.1) is 19.8 Å². The molecule has 16 heavy (non-hydrogen) atoms. The van der Waals surface area contributed by atoms with E-state index in [1.54, 1.807) is 12.1 Å². The standard InChI is InChI=1S/C11H16FO3P/c1-3-13-16(14-4-2)15-9-10-5-7-11(12)8-6-10/h5-8H,3-4,9H2,1-2H3. The molecule has 1 aromatic rings. The number of rotatable bonds is 7. The van der Waals surface area contributed by atoms with Crippen molar-refractivity contribution in [3.8, 4) is 0 Å². The average molecular weight is 246 g/mol. The molecule has 0 N–H and O–H groups in total. The van der Waals surface area contributed by atoms with Crippen molar-refractivity contribution in [2.75, 3.05) is 13.2 Å². The fourth-order valence-electron chi connectivity index (χ4n) is 1.03. The van der Waals surface area contributed by atoms with Crippen LogP contribution in [0.3, 0.4) is 0 Å². The smallest absolute Gasteiger partial charge is 0.313 e. The highest BCUT2D eigenvalue weighted by Crippen LogP contribution is 2.40. The Morgan fingerprint density at radius 3 is 2.06 bits per heavy atom. The van der Waals surface area contributed by atoms with Gasteiger partial charge in [0.25, 0.3) is 0 Å². The first-order valence-corrected chi connectivity index (χ1v) is 6.29. The fourth-order valence-corrected chi connectivity index (χ4v) is 1.93. The zero-order valence-corrected chi connectivity index (χ0v) is 10.4. The molecule has 3 nitrogen and oxygen atoms in total. The fraction of sp³-hybridized carbons (Fsp3) is 0.455. The molecule has 0 saturated heterocycles. The van der Waals surface area contributed by atoms with E-state index in [1.807, 2.05) is 13.8 Å². The van der Waals surface area contributed by atoms with E-state index in [-0.39, 0.29) is 5.82 Å². The lowest BCUT2D eigenvalue weighted by Gasteiger charge is -2.14. The molecular weight excluding hydrogens is 230 g/mol. The van der Waals surface area contributed by atoms with Crippen LogP contribution in [0.2, 0.25) is 0 Å². The van der Waals surface area contributed by atoms with Gasteiger partial charge in [-0.3, -0.25) is 0 Å². The van der Waals surface area contributed by atoms with Crippen molar-refractivity contribution < 1.29 is 18.0 Å². The molecule has 0 saturated carbocycles. The van der Waals surface area contributed by atoms with Gasteiger partial charge < -0.3 is 13.6 Å². The molecule has 0 heterocycles. The summed E-state index contributed by atoms with van der Waals surface area (Å²) in [4.78, 5) is 0. The van der Waals surface area contributed by atoms with Crippen LogP contribution in [0, 0.1) is 5.82 Å². The van der Waals surface area contributed by atoms with E-state index in [4.69, 9.17) is 13.6 Å². The lowest BCUT2D eigenvalue weighted by molar-refractivity contribution is 0.164. The van der Waals surface area contributed by atoms with Crippen LogP contribution in [-0.2, 0) is 20.2 Å². The molecule has 1 aromatic carbocycles. The molecular formula is C11H16FO3P. The lowest BCUT2D eigenvalue weighted by atomic mass is 10.2. The van der Waals surface area contributed by atoms with E-state index in [1.165, 1.54) is 12.1 Å². The summed E-state index contributed by atoms with van der Waals surface area (Å²) in [7, 11) is -1.29. The molecule has 0 unspecified atom stereocenters. The second kappa shape index (κ2) is 7.69. The van der Waals surface area contributed by atoms with Crippen LogP contribution < -0.4 is 0 Å². The SMILES string of the molecule is CCOP(OCC)OCc1ccc(F)cc1. The highest BCUT2D eigenvalue weighted by molar-refractivity contribution is 7.41. The first kappa shape index (κ1) is 13.5. The summed E-state index contributed by atoms with van der Waals surface area (Å²) in [5.41, 5.74) is 0.897. The summed E-state index contributed by atoms with van der Waals surface area (Å²) < 4.78 is 28.6. The third-order valence-electron chi connectivity index (χ3n) is 1.72. The van der Waals surface area contributed by atoms with E-state index in [0.717, 1.165) is 5.56 Å². The Labute approximate surface area is 96.5 Å². The Morgan fingerprint density at radius 1 is 1.00 bits per heavy atom. The van der Waals surface area contributed by atoms with Crippen molar-refractivity contribution in [3.05, 3.63) is 35.6 Å². The molecule has 0 aromatic heterocycles. The van der Waals surface area contributed by atoms with Gasteiger partial charge in [0.2, 0.25) is 0 Å². The minimum absolute atomic E-state index is 0.249. The van der Waals surface area contributed by atoms with Gasteiger partial charge in [0, 0.05) is 0 Å². The third-order valence-corrected chi connectivity index (χ3v) is 3.00. The Bertz CT molecular complexity index is 286. The quantitative estimate of drug-likeness (QED) is 0.687. The van der Waals surface area contributed by atoms with Crippen molar-refractivity contribution in [1.82, 2.24) is 0 Å². The molecule has 0 aliphatic carbocycles. The van der Waals surface area contributed by atoms with Crippen molar-refractivity contribution in [1.29, 1.82) is 0 Å². The zero-order chi connectivity index (χ0) is 11.8. The molecule has 0 amide bonds. The number of hydrogen-bond acceptors (Lipinski definition) is 3. The van der Waals surface area contributed by atoms with Crippen molar-refractivity contribution in [3.63, 3.8) is 0 Å². The Hall–Kier alpha value is -0.540. The summed E-state index contributed by atoms with van der Waals surface area (Å²) >= 11 is 0. The lowest BCUT2D eigenvalue weighted by Crippen LogP contribution is -1.96. The molecule has 90 valence electrons. The molecule has 1 rings (SSSR count). The van der Waals surface area contributed by atoms with Gasteiger partial charge in [-0.15, -0.1) is 0 Å². The number of halogens is 1. The van der Waals surface area contributed by atoms with Crippen LogP contribution in [0.5, 0.6) is 0 Å². The highest BCUT2D eigenvalue weighted by Gasteiger charge is 2.10. The Morgan fingerprint density at radius 2 is 1.56 bits per heavy atom. The predicted molar refractivity (Wildman–Crippen MR) is 61.4 cm³/mol. The summed E-state index contributed by atoms with van der Waals surface area (Å²) in [6, 6.07) is 6.17. The van der Waals surface area contributed by atoms with Gasteiger partial charge in [0.1, 0.15) is 5.82 Å². The van der Waals surface area contributed by atoms with Crippen LogP contribution in [0.1, 0.15) is 19.4 Å². The molecule has 0 bridgehead atoms. The summed E-state index contributed by atoms with van der Waals surface area (Å²) in [6.07, 6.45) is 0. The van der Waals surface area contributed by atoms with Crippen LogP contribution in [0.4, 0.5) is 4.39 Å². The molecule has 0 fully saturated rings. The van der Waals surface area contributed by atoms with Crippen LogP contribution in [0.25, 0.3) is 0 Å². The monoisotopic (exact) mass is 246 g/mol. The Balaban J connectivity index is 2.38. The number of hydrogen-bond donors (Lipinski definition) is 0. The van der Waals surface area contributed by atoms with Crippen molar-refractivity contribution in [2.24, 2.45) is 0 Å². The molecule has 0 aliphatic rings. The van der Waals surface area contributed by atoms with E-state index in [0.29, 0.717) is 19.8 Å². The van der Waals surface area contributed by atoms with E-state index >= 15 is 0 Å². The normalized spacial score (nSPS) is 11.0.